The van der Waals surface area contributed by atoms with Crippen LogP contribution in [0.25, 0.3) is 0 Å². The zero-order chi connectivity index (χ0) is 10.8. The van der Waals surface area contributed by atoms with Gasteiger partial charge >= 0.3 is 0 Å². The van der Waals surface area contributed by atoms with Crippen LogP contribution in [-0.2, 0) is 0 Å². The van der Waals surface area contributed by atoms with E-state index < -0.39 is 0 Å². The molecule has 0 aliphatic carbocycles. The molecule has 4 heteroatoms. The fourth-order valence-electron chi connectivity index (χ4n) is 2.48. The number of thiophene rings is 1. The molecule has 88 valence electrons. The first-order valence-electron chi connectivity index (χ1n) is 6.12. The van der Waals surface area contributed by atoms with Crippen molar-refractivity contribution in [2.75, 3.05) is 31.5 Å². The monoisotopic (exact) mass is 238 g/mol. The third-order valence-corrected chi connectivity index (χ3v) is 4.18. The average Bonchev–Trinajstić information content (AvgIpc) is 2.77. The number of hydrogen-bond acceptors (Lipinski definition) is 4. The molecule has 3 heterocycles. The molecule has 0 radical (unpaired) electrons. The van der Waals surface area contributed by atoms with Crippen LogP contribution in [0.1, 0.15) is 19.3 Å². The van der Waals surface area contributed by atoms with Gasteiger partial charge in [-0.25, -0.2) is 0 Å². The van der Waals surface area contributed by atoms with Crippen molar-refractivity contribution >= 4 is 16.3 Å². The van der Waals surface area contributed by atoms with Crippen molar-refractivity contribution in [3.8, 4) is 5.75 Å². The molecule has 3 nitrogen and oxygen atoms in total. The van der Waals surface area contributed by atoms with Crippen molar-refractivity contribution in [3.05, 3.63) is 11.4 Å². The van der Waals surface area contributed by atoms with E-state index in [0.29, 0.717) is 6.10 Å². The Morgan fingerprint density at radius 3 is 3.12 bits per heavy atom. The molecule has 2 aliphatic heterocycles. The van der Waals surface area contributed by atoms with E-state index in [1.165, 1.54) is 37.4 Å². The highest BCUT2D eigenvalue weighted by Crippen LogP contribution is 2.34. The minimum atomic E-state index is 0.320. The molecule has 3 rings (SSSR count). The van der Waals surface area contributed by atoms with Gasteiger partial charge in [-0.1, -0.05) is 6.42 Å². The van der Waals surface area contributed by atoms with Gasteiger partial charge in [0, 0.05) is 6.54 Å². The number of nitrogens with zero attached hydrogens (tertiary/aromatic N) is 1. The summed E-state index contributed by atoms with van der Waals surface area (Å²) in [6.07, 6.45) is 4.42. The summed E-state index contributed by atoms with van der Waals surface area (Å²) in [7, 11) is 0. The summed E-state index contributed by atoms with van der Waals surface area (Å²) in [5.74, 6) is 1.04. The Bertz CT molecular complexity index is 347. The molecule has 0 bridgehead atoms. The summed E-state index contributed by atoms with van der Waals surface area (Å²) >= 11 is 1.72. The number of likely N-dealkylation sites (tertiary alicyclic amines) is 1. The minimum absolute atomic E-state index is 0.320. The first kappa shape index (κ1) is 10.4. The van der Waals surface area contributed by atoms with Crippen LogP contribution in [0.4, 0.5) is 5.00 Å². The third kappa shape index (κ3) is 2.18. The number of fused-ring (bicyclic) bond motifs is 1. The van der Waals surface area contributed by atoms with Gasteiger partial charge in [-0.2, -0.15) is 0 Å². The maximum absolute atomic E-state index is 5.98. The molecule has 0 aromatic carbocycles. The van der Waals surface area contributed by atoms with Crippen molar-refractivity contribution < 1.29 is 4.74 Å². The van der Waals surface area contributed by atoms with Crippen LogP contribution >= 0.6 is 11.3 Å². The van der Waals surface area contributed by atoms with Gasteiger partial charge in [0.25, 0.3) is 0 Å². The number of anilines is 1. The Hall–Kier alpha value is -0.740. The molecule has 1 fully saturated rings. The number of rotatable bonds is 2. The predicted octanol–water partition coefficient (Wildman–Crippen LogP) is 2.41. The fourth-order valence-corrected chi connectivity index (χ4v) is 3.21. The highest BCUT2D eigenvalue weighted by atomic mass is 32.1. The molecular formula is C12H18N2OS. The standard InChI is InChI=1S/C12H18N2OS/c1-2-5-14(6-3-1)9-10-8-13-12-11(15-10)4-7-16-12/h4,7,10,13H,1-3,5-6,8-9H2. The van der Waals surface area contributed by atoms with Crippen LogP contribution in [0, 0.1) is 0 Å². The fraction of sp³-hybridized carbons (Fsp3) is 0.667. The summed E-state index contributed by atoms with van der Waals surface area (Å²) in [5.41, 5.74) is 0. The second kappa shape index (κ2) is 4.63. The molecule has 1 unspecified atom stereocenters. The molecule has 16 heavy (non-hydrogen) atoms. The van der Waals surface area contributed by atoms with Gasteiger partial charge < -0.3 is 10.1 Å². The van der Waals surface area contributed by atoms with E-state index in [2.05, 4.69) is 21.7 Å². The average molecular weight is 238 g/mol. The smallest absolute Gasteiger partial charge is 0.154 e. The second-order valence-electron chi connectivity index (χ2n) is 4.60. The molecule has 0 spiro atoms. The van der Waals surface area contributed by atoms with Gasteiger partial charge in [-0.15, -0.1) is 11.3 Å². The van der Waals surface area contributed by atoms with Crippen LogP contribution < -0.4 is 10.1 Å². The number of piperidine rings is 1. The summed E-state index contributed by atoms with van der Waals surface area (Å²) in [5, 5.41) is 6.72. The molecule has 1 aromatic rings. The Kier molecular flexibility index (Phi) is 3.02. The lowest BCUT2D eigenvalue weighted by Crippen LogP contribution is -2.43. The largest absolute Gasteiger partial charge is 0.484 e. The molecular weight excluding hydrogens is 220 g/mol. The van der Waals surface area contributed by atoms with Crippen molar-refractivity contribution in [2.24, 2.45) is 0 Å². The van der Waals surface area contributed by atoms with E-state index in [0.717, 1.165) is 18.8 Å². The molecule has 1 saturated heterocycles. The zero-order valence-corrected chi connectivity index (χ0v) is 10.3. The molecule has 1 atom stereocenters. The summed E-state index contributed by atoms with van der Waals surface area (Å²) in [4.78, 5) is 2.53. The Morgan fingerprint density at radius 1 is 1.38 bits per heavy atom. The lowest BCUT2D eigenvalue weighted by atomic mass is 10.1. The van der Waals surface area contributed by atoms with Crippen LogP contribution in [-0.4, -0.2) is 37.2 Å². The first-order valence-corrected chi connectivity index (χ1v) is 7.00. The van der Waals surface area contributed by atoms with Gasteiger partial charge in [0.2, 0.25) is 0 Å². The van der Waals surface area contributed by atoms with Crippen LogP contribution in [0.5, 0.6) is 5.75 Å². The van der Waals surface area contributed by atoms with E-state index in [1.807, 2.05) is 0 Å². The highest BCUT2D eigenvalue weighted by Gasteiger charge is 2.23. The lowest BCUT2D eigenvalue weighted by Gasteiger charge is -2.32. The maximum atomic E-state index is 5.98. The van der Waals surface area contributed by atoms with E-state index in [1.54, 1.807) is 11.3 Å². The molecule has 2 aliphatic rings. The molecule has 0 amide bonds. The summed E-state index contributed by atoms with van der Waals surface area (Å²) in [6, 6.07) is 2.06. The van der Waals surface area contributed by atoms with Crippen molar-refractivity contribution in [1.82, 2.24) is 4.90 Å². The van der Waals surface area contributed by atoms with Gasteiger partial charge in [-0.05, 0) is 37.4 Å². The number of hydrogen-bond donors (Lipinski definition) is 1. The maximum Gasteiger partial charge on any atom is 0.154 e. The third-order valence-electron chi connectivity index (χ3n) is 3.32. The predicted molar refractivity (Wildman–Crippen MR) is 67.5 cm³/mol. The number of ether oxygens (including phenoxy) is 1. The quantitative estimate of drug-likeness (QED) is 0.856. The molecule has 0 saturated carbocycles. The van der Waals surface area contributed by atoms with Crippen LogP contribution in [0.3, 0.4) is 0 Å². The first-order chi connectivity index (χ1) is 7.92. The van der Waals surface area contributed by atoms with Gasteiger partial charge in [-0.3, -0.25) is 4.90 Å². The van der Waals surface area contributed by atoms with Crippen molar-refractivity contribution in [1.29, 1.82) is 0 Å². The zero-order valence-electron chi connectivity index (χ0n) is 9.45. The van der Waals surface area contributed by atoms with Gasteiger partial charge in [0.05, 0.1) is 6.54 Å². The van der Waals surface area contributed by atoms with E-state index in [-0.39, 0.29) is 0 Å². The minimum Gasteiger partial charge on any atom is -0.484 e. The number of nitrogens with one attached hydrogen (secondary N) is 1. The molecule has 1 aromatic heterocycles. The Morgan fingerprint density at radius 2 is 2.25 bits per heavy atom. The summed E-state index contributed by atoms with van der Waals surface area (Å²) < 4.78 is 5.98. The topological polar surface area (TPSA) is 24.5 Å². The van der Waals surface area contributed by atoms with Gasteiger partial charge in [0.15, 0.2) is 5.75 Å². The highest BCUT2D eigenvalue weighted by molar-refractivity contribution is 7.14. The van der Waals surface area contributed by atoms with Crippen molar-refractivity contribution in [2.45, 2.75) is 25.4 Å². The van der Waals surface area contributed by atoms with Crippen molar-refractivity contribution in [3.63, 3.8) is 0 Å². The lowest BCUT2D eigenvalue weighted by molar-refractivity contribution is 0.123. The van der Waals surface area contributed by atoms with Crippen LogP contribution in [0.15, 0.2) is 11.4 Å². The molecule has 1 N–H and O–H groups in total. The van der Waals surface area contributed by atoms with E-state index in [4.69, 9.17) is 4.74 Å². The Balaban J connectivity index is 1.57. The van der Waals surface area contributed by atoms with Gasteiger partial charge in [0.1, 0.15) is 11.1 Å². The van der Waals surface area contributed by atoms with E-state index >= 15 is 0 Å². The van der Waals surface area contributed by atoms with Crippen LogP contribution in [0.2, 0.25) is 0 Å². The summed E-state index contributed by atoms with van der Waals surface area (Å²) in [6.45, 7) is 4.51. The Labute approximate surface area is 100 Å². The van der Waals surface area contributed by atoms with E-state index in [9.17, 15) is 0 Å². The normalized spacial score (nSPS) is 25.6. The second-order valence-corrected chi connectivity index (χ2v) is 5.51. The SMILES string of the molecule is c1cc2c(s1)NCC(CN1CCCCC1)O2.